The van der Waals surface area contributed by atoms with Crippen LogP contribution in [0.15, 0.2) is 34.7 Å². The number of nitrogens with one attached hydrogen (secondary N) is 1. The Morgan fingerprint density at radius 2 is 2.25 bits per heavy atom. The van der Waals surface area contributed by atoms with E-state index < -0.39 is 5.91 Å². The van der Waals surface area contributed by atoms with Crippen LogP contribution < -0.4 is 11.5 Å². The van der Waals surface area contributed by atoms with E-state index in [2.05, 4.69) is 15.0 Å². The number of amides is 1. The van der Waals surface area contributed by atoms with Crippen molar-refractivity contribution in [3.63, 3.8) is 0 Å². The largest absolute Gasteiger partial charge is 0.397 e. The zero-order valence-electron chi connectivity index (χ0n) is 8.18. The molecule has 5 N–H and O–H groups in total. The molecule has 0 aliphatic rings. The molecule has 2 heterocycles. The number of aromatic nitrogens is 3. The molecule has 2 rings (SSSR count). The minimum atomic E-state index is -0.582. The van der Waals surface area contributed by atoms with Gasteiger partial charge in [0.2, 0.25) is 0 Å². The van der Waals surface area contributed by atoms with Crippen molar-refractivity contribution in [3.8, 4) is 0 Å². The van der Waals surface area contributed by atoms with Crippen LogP contribution in [0, 0.1) is 0 Å². The van der Waals surface area contributed by atoms with Crippen molar-refractivity contribution in [2.24, 2.45) is 5.73 Å². The zero-order chi connectivity index (χ0) is 11.5. The second-order valence-electron chi connectivity index (χ2n) is 2.95. The van der Waals surface area contributed by atoms with E-state index >= 15 is 0 Å². The molecular formula is C9H9N5OS. The molecule has 82 valence electrons. The first-order valence-corrected chi connectivity index (χ1v) is 5.22. The predicted molar refractivity (Wildman–Crippen MR) is 59.9 cm³/mol. The minimum absolute atomic E-state index is 0.184. The molecule has 6 nitrogen and oxygen atoms in total. The van der Waals surface area contributed by atoms with E-state index in [1.165, 1.54) is 17.8 Å². The Morgan fingerprint density at radius 1 is 1.44 bits per heavy atom. The number of hydrogen-bond acceptors (Lipinski definition) is 5. The van der Waals surface area contributed by atoms with Gasteiger partial charge in [-0.3, -0.25) is 4.79 Å². The summed E-state index contributed by atoms with van der Waals surface area (Å²) < 4.78 is 0. The maximum absolute atomic E-state index is 11.0. The number of nitrogens with zero attached hydrogens (tertiary/aromatic N) is 2. The molecule has 0 saturated heterocycles. The van der Waals surface area contributed by atoms with Crippen molar-refractivity contribution >= 4 is 23.4 Å². The van der Waals surface area contributed by atoms with Crippen LogP contribution in [0.3, 0.4) is 0 Å². The van der Waals surface area contributed by atoms with Crippen LogP contribution in [-0.2, 0) is 0 Å². The van der Waals surface area contributed by atoms with E-state index in [4.69, 9.17) is 11.5 Å². The highest BCUT2D eigenvalue weighted by Crippen LogP contribution is 2.27. The first kappa shape index (κ1) is 10.5. The number of imidazole rings is 1. The van der Waals surface area contributed by atoms with Crippen molar-refractivity contribution < 1.29 is 4.79 Å². The first-order chi connectivity index (χ1) is 7.66. The highest BCUT2D eigenvalue weighted by atomic mass is 32.2. The van der Waals surface area contributed by atoms with Gasteiger partial charge in [0.05, 0.1) is 5.69 Å². The van der Waals surface area contributed by atoms with E-state index in [1.807, 2.05) is 0 Å². The Bertz CT molecular complexity index is 511. The number of carbonyl (C=O) groups excluding carboxylic acids is 1. The maximum atomic E-state index is 11.0. The van der Waals surface area contributed by atoms with Gasteiger partial charge in [0.1, 0.15) is 10.7 Å². The number of rotatable bonds is 3. The number of hydrogen-bond donors (Lipinski definition) is 3. The van der Waals surface area contributed by atoms with Crippen molar-refractivity contribution in [1.82, 2.24) is 15.0 Å². The average molecular weight is 235 g/mol. The summed E-state index contributed by atoms with van der Waals surface area (Å²) in [6, 6.07) is 3.09. The summed E-state index contributed by atoms with van der Waals surface area (Å²) in [6.07, 6.45) is 3.31. The van der Waals surface area contributed by atoms with E-state index in [0.717, 1.165) is 0 Å². The lowest BCUT2D eigenvalue weighted by Crippen LogP contribution is -2.13. The molecule has 2 aromatic rings. The van der Waals surface area contributed by atoms with Crippen LogP contribution in [-0.4, -0.2) is 20.9 Å². The van der Waals surface area contributed by atoms with Gasteiger partial charge in [-0.25, -0.2) is 9.97 Å². The molecule has 0 aromatic carbocycles. The standard InChI is InChI=1S/C9H9N5OS/c10-5-1-2-6(7(11)15)14-8(5)16-9-12-3-4-13-9/h1-4H,10H2,(H2,11,15)(H,12,13). The Balaban J connectivity index is 2.32. The predicted octanol–water partition coefficient (Wildman–Crippen LogP) is 0.637. The summed E-state index contributed by atoms with van der Waals surface area (Å²) in [4.78, 5) is 21.9. The fourth-order valence-corrected chi connectivity index (χ4v) is 1.82. The molecule has 0 aliphatic heterocycles. The maximum Gasteiger partial charge on any atom is 0.267 e. The lowest BCUT2D eigenvalue weighted by Gasteiger charge is -2.03. The van der Waals surface area contributed by atoms with Crippen LogP contribution in [0.2, 0.25) is 0 Å². The smallest absolute Gasteiger partial charge is 0.267 e. The molecule has 16 heavy (non-hydrogen) atoms. The molecule has 0 bridgehead atoms. The summed E-state index contributed by atoms with van der Waals surface area (Å²) in [5.74, 6) is -0.582. The summed E-state index contributed by atoms with van der Waals surface area (Å²) in [7, 11) is 0. The summed E-state index contributed by atoms with van der Waals surface area (Å²) in [5, 5.41) is 1.16. The van der Waals surface area contributed by atoms with Gasteiger partial charge in [-0.05, 0) is 23.9 Å². The highest BCUT2D eigenvalue weighted by Gasteiger charge is 2.09. The van der Waals surface area contributed by atoms with Crippen molar-refractivity contribution in [2.75, 3.05) is 5.73 Å². The number of H-pyrrole nitrogens is 1. The molecule has 0 unspecified atom stereocenters. The lowest BCUT2D eigenvalue weighted by molar-refractivity contribution is 0.0995. The second-order valence-corrected chi connectivity index (χ2v) is 3.93. The Labute approximate surface area is 95.5 Å². The van der Waals surface area contributed by atoms with E-state index in [0.29, 0.717) is 15.9 Å². The van der Waals surface area contributed by atoms with Gasteiger partial charge < -0.3 is 16.5 Å². The van der Waals surface area contributed by atoms with Gasteiger partial charge in [0.25, 0.3) is 5.91 Å². The minimum Gasteiger partial charge on any atom is -0.397 e. The fourth-order valence-electron chi connectivity index (χ4n) is 1.07. The SMILES string of the molecule is NC(=O)c1ccc(N)c(Sc2ncc[nH]2)n1. The monoisotopic (exact) mass is 235 g/mol. The molecule has 2 aromatic heterocycles. The van der Waals surface area contributed by atoms with Crippen LogP contribution in [0.1, 0.15) is 10.5 Å². The molecule has 0 radical (unpaired) electrons. The van der Waals surface area contributed by atoms with Crippen molar-refractivity contribution in [3.05, 3.63) is 30.2 Å². The van der Waals surface area contributed by atoms with Crippen LogP contribution in [0.4, 0.5) is 5.69 Å². The number of nitrogens with two attached hydrogens (primary N) is 2. The van der Waals surface area contributed by atoms with Gasteiger partial charge in [-0.1, -0.05) is 0 Å². The fraction of sp³-hybridized carbons (Fsp3) is 0. The molecular weight excluding hydrogens is 226 g/mol. The quantitative estimate of drug-likeness (QED) is 0.722. The molecule has 0 atom stereocenters. The number of aromatic amines is 1. The number of primary amides is 1. The summed E-state index contributed by atoms with van der Waals surface area (Å²) in [6.45, 7) is 0. The third kappa shape index (κ3) is 2.14. The number of anilines is 1. The second kappa shape index (κ2) is 4.23. The topological polar surface area (TPSA) is 111 Å². The van der Waals surface area contributed by atoms with Gasteiger partial charge in [-0.2, -0.15) is 0 Å². The molecule has 0 aliphatic carbocycles. The van der Waals surface area contributed by atoms with Crippen molar-refractivity contribution in [1.29, 1.82) is 0 Å². The Kier molecular flexibility index (Phi) is 2.78. The first-order valence-electron chi connectivity index (χ1n) is 4.40. The normalized spacial score (nSPS) is 10.2. The molecule has 0 saturated carbocycles. The Hall–Kier alpha value is -2.02. The zero-order valence-corrected chi connectivity index (χ0v) is 8.99. The molecule has 0 spiro atoms. The Morgan fingerprint density at radius 3 is 2.88 bits per heavy atom. The summed E-state index contributed by atoms with van der Waals surface area (Å²) in [5.41, 5.74) is 11.5. The lowest BCUT2D eigenvalue weighted by atomic mass is 10.3. The molecule has 1 amide bonds. The van der Waals surface area contributed by atoms with Crippen LogP contribution in [0.5, 0.6) is 0 Å². The van der Waals surface area contributed by atoms with Gasteiger partial charge >= 0.3 is 0 Å². The van der Waals surface area contributed by atoms with E-state index in [-0.39, 0.29) is 5.69 Å². The third-order valence-electron chi connectivity index (χ3n) is 1.81. The third-order valence-corrected chi connectivity index (χ3v) is 2.75. The number of nitrogen functional groups attached to an aromatic ring is 1. The average Bonchev–Trinajstić information content (AvgIpc) is 2.73. The van der Waals surface area contributed by atoms with E-state index in [1.54, 1.807) is 18.5 Å². The van der Waals surface area contributed by atoms with E-state index in [9.17, 15) is 4.79 Å². The van der Waals surface area contributed by atoms with Gasteiger partial charge in [0, 0.05) is 12.4 Å². The number of carbonyl (C=O) groups is 1. The van der Waals surface area contributed by atoms with Crippen molar-refractivity contribution in [2.45, 2.75) is 10.2 Å². The molecule has 7 heteroatoms. The van der Waals surface area contributed by atoms with Crippen LogP contribution in [0.25, 0.3) is 0 Å². The van der Waals surface area contributed by atoms with Gasteiger partial charge in [0.15, 0.2) is 5.16 Å². The molecule has 0 fully saturated rings. The highest BCUT2D eigenvalue weighted by molar-refractivity contribution is 7.99. The summed E-state index contributed by atoms with van der Waals surface area (Å²) >= 11 is 1.24. The number of pyridine rings is 1. The van der Waals surface area contributed by atoms with Gasteiger partial charge in [-0.15, -0.1) is 0 Å². The van der Waals surface area contributed by atoms with Crippen LogP contribution >= 0.6 is 11.8 Å².